The van der Waals surface area contributed by atoms with Crippen molar-refractivity contribution in [1.82, 2.24) is 0 Å². The minimum Gasteiger partial charge on any atom is -0.462 e. The molecule has 4 rings (SSSR count). The van der Waals surface area contributed by atoms with E-state index >= 15 is 0 Å². The van der Waals surface area contributed by atoms with Crippen LogP contribution in [0.2, 0.25) is 0 Å². The van der Waals surface area contributed by atoms with Gasteiger partial charge in [0.25, 0.3) is 0 Å². The molecule has 0 aromatic carbocycles. The fraction of sp³-hybridized carbons (Fsp3) is 0.571. The topological polar surface area (TPSA) is 55.7 Å². The Hall–Kier alpha value is -1.75. The summed E-state index contributed by atoms with van der Waals surface area (Å²) in [6.07, 6.45) is 7.61. The molecule has 0 radical (unpaired) electrons. The Morgan fingerprint density at radius 1 is 1.19 bits per heavy atom. The quantitative estimate of drug-likeness (QED) is 0.717. The zero-order valence-electron chi connectivity index (χ0n) is 15.2. The predicted octanol–water partition coefficient (Wildman–Crippen LogP) is 4.81. The van der Waals surface area contributed by atoms with E-state index in [9.17, 15) is 9.59 Å². The molecular formula is C21H25NO3S. The third kappa shape index (κ3) is 3.29. The van der Waals surface area contributed by atoms with Gasteiger partial charge >= 0.3 is 5.97 Å². The average molecular weight is 372 g/mol. The van der Waals surface area contributed by atoms with Gasteiger partial charge in [-0.15, -0.1) is 0 Å². The highest BCUT2D eigenvalue weighted by Crippen LogP contribution is 2.44. The van der Waals surface area contributed by atoms with Crippen LogP contribution < -0.4 is 0 Å². The van der Waals surface area contributed by atoms with Crippen LogP contribution in [0.3, 0.4) is 0 Å². The number of ether oxygens (including phenoxy) is 1. The first kappa shape index (κ1) is 17.7. The summed E-state index contributed by atoms with van der Waals surface area (Å²) in [5.41, 5.74) is 3.47. The van der Waals surface area contributed by atoms with E-state index in [1.165, 1.54) is 6.42 Å². The standard InChI is InChI=1S/C21H25NO3S/c1-13-18(21(24)25-15-6-3-2-4-7-15)19(14-10-11-26-12-14)20-16(22-13)8-5-9-17(20)23/h10-12,15,18-19H,2-9H2,1H3. The smallest absolute Gasteiger partial charge is 0.315 e. The number of ketones is 1. The lowest BCUT2D eigenvalue weighted by molar-refractivity contribution is -0.153. The zero-order chi connectivity index (χ0) is 18.1. The lowest BCUT2D eigenvalue weighted by atomic mass is 9.72. The summed E-state index contributed by atoms with van der Waals surface area (Å²) in [7, 11) is 0. The molecule has 2 unspecified atom stereocenters. The third-order valence-corrected chi connectivity index (χ3v) is 6.53. The molecule has 0 amide bonds. The predicted molar refractivity (Wildman–Crippen MR) is 103 cm³/mol. The average Bonchev–Trinajstić information content (AvgIpc) is 3.16. The normalized spacial score (nSPS) is 27.1. The molecule has 0 spiro atoms. The van der Waals surface area contributed by atoms with Gasteiger partial charge in [-0.2, -0.15) is 11.3 Å². The molecule has 1 aliphatic heterocycles. The van der Waals surface area contributed by atoms with Crippen LogP contribution in [0.15, 0.2) is 33.1 Å². The first-order valence-corrected chi connectivity index (χ1v) is 10.6. The molecule has 3 aliphatic rings. The van der Waals surface area contributed by atoms with Gasteiger partial charge in [0.2, 0.25) is 0 Å². The van der Waals surface area contributed by atoms with E-state index in [0.717, 1.165) is 61.1 Å². The number of allylic oxidation sites excluding steroid dienone is 2. The van der Waals surface area contributed by atoms with Gasteiger partial charge in [0, 0.05) is 29.3 Å². The van der Waals surface area contributed by atoms with E-state index in [4.69, 9.17) is 4.74 Å². The second-order valence-corrected chi connectivity index (χ2v) is 8.38. The van der Waals surface area contributed by atoms with E-state index in [-0.39, 0.29) is 23.8 Å². The summed E-state index contributed by atoms with van der Waals surface area (Å²) in [6, 6.07) is 2.03. The minimum absolute atomic E-state index is 0.0182. The van der Waals surface area contributed by atoms with Crippen LogP contribution in [-0.2, 0) is 14.3 Å². The Balaban J connectivity index is 1.68. The molecule has 2 atom stereocenters. The van der Waals surface area contributed by atoms with Crippen molar-refractivity contribution in [3.05, 3.63) is 33.7 Å². The van der Waals surface area contributed by atoms with Crippen molar-refractivity contribution < 1.29 is 14.3 Å². The van der Waals surface area contributed by atoms with Crippen molar-refractivity contribution in [1.29, 1.82) is 0 Å². The summed E-state index contributed by atoms with van der Waals surface area (Å²) in [5, 5.41) is 4.06. The molecule has 1 fully saturated rings. The van der Waals surface area contributed by atoms with Crippen molar-refractivity contribution in [3.8, 4) is 0 Å². The van der Waals surface area contributed by atoms with Crippen molar-refractivity contribution in [2.24, 2.45) is 10.9 Å². The number of aliphatic imine (C=N–C) groups is 1. The van der Waals surface area contributed by atoms with Crippen LogP contribution in [0.25, 0.3) is 0 Å². The second-order valence-electron chi connectivity index (χ2n) is 7.60. The fourth-order valence-corrected chi connectivity index (χ4v) is 5.24. The number of thiophene rings is 1. The maximum atomic E-state index is 13.1. The Morgan fingerprint density at radius 3 is 2.73 bits per heavy atom. The lowest BCUT2D eigenvalue weighted by Crippen LogP contribution is -2.38. The molecule has 0 bridgehead atoms. The maximum absolute atomic E-state index is 13.1. The number of carbonyl (C=O) groups is 2. The maximum Gasteiger partial charge on any atom is 0.315 e. The summed E-state index contributed by atoms with van der Waals surface area (Å²) >= 11 is 1.60. The van der Waals surface area contributed by atoms with E-state index in [1.807, 2.05) is 18.4 Å². The van der Waals surface area contributed by atoms with Crippen LogP contribution in [0.4, 0.5) is 0 Å². The molecule has 1 aromatic rings. The van der Waals surface area contributed by atoms with Gasteiger partial charge in [-0.1, -0.05) is 6.42 Å². The molecule has 2 aliphatic carbocycles. The molecule has 4 nitrogen and oxygen atoms in total. The van der Waals surface area contributed by atoms with E-state index in [0.29, 0.717) is 6.42 Å². The van der Waals surface area contributed by atoms with Crippen LogP contribution in [0, 0.1) is 5.92 Å². The summed E-state index contributed by atoms with van der Waals surface area (Å²) < 4.78 is 5.89. The van der Waals surface area contributed by atoms with Gasteiger partial charge < -0.3 is 4.74 Å². The van der Waals surface area contributed by atoms with Crippen molar-refractivity contribution in [2.45, 2.75) is 70.3 Å². The number of rotatable bonds is 3. The molecule has 2 heterocycles. The Kier molecular flexibility index (Phi) is 5.07. The molecular weight excluding hydrogens is 346 g/mol. The largest absolute Gasteiger partial charge is 0.462 e. The van der Waals surface area contributed by atoms with E-state index in [1.54, 1.807) is 11.3 Å². The Morgan fingerprint density at radius 2 is 2.00 bits per heavy atom. The number of hydrogen-bond donors (Lipinski definition) is 0. The first-order valence-electron chi connectivity index (χ1n) is 9.69. The van der Waals surface area contributed by atoms with Crippen LogP contribution >= 0.6 is 11.3 Å². The van der Waals surface area contributed by atoms with Gasteiger partial charge in [-0.25, -0.2) is 0 Å². The summed E-state index contributed by atoms with van der Waals surface area (Å²) in [6.45, 7) is 1.91. The minimum atomic E-state index is -0.479. The van der Waals surface area contributed by atoms with Gasteiger partial charge in [0.15, 0.2) is 5.78 Å². The number of Topliss-reactive ketones (excluding diaryl/α,β-unsaturated/α-hetero) is 1. The monoisotopic (exact) mass is 371 g/mol. The second kappa shape index (κ2) is 7.47. The SMILES string of the molecule is CC1=NC2=C(C(=O)CCC2)C(c2ccsc2)C1C(=O)OC1CCCCC1. The number of nitrogens with zero attached hydrogens (tertiary/aromatic N) is 1. The van der Waals surface area contributed by atoms with Crippen LogP contribution in [0.5, 0.6) is 0 Å². The molecule has 0 N–H and O–H groups in total. The molecule has 0 saturated heterocycles. The fourth-order valence-electron chi connectivity index (χ4n) is 4.54. The lowest BCUT2D eigenvalue weighted by Gasteiger charge is -2.35. The highest BCUT2D eigenvalue weighted by Gasteiger charge is 2.43. The van der Waals surface area contributed by atoms with Crippen molar-refractivity contribution in [3.63, 3.8) is 0 Å². The van der Waals surface area contributed by atoms with Gasteiger partial charge in [0.05, 0.1) is 0 Å². The number of hydrogen-bond acceptors (Lipinski definition) is 5. The van der Waals surface area contributed by atoms with Crippen LogP contribution in [0.1, 0.15) is 69.8 Å². The highest BCUT2D eigenvalue weighted by molar-refractivity contribution is 7.08. The van der Waals surface area contributed by atoms with Crippen LogP contribution in [-0.4, -0.2) is 23.6 Å². The molecule has 26 heavy (non-hydrogen) atoms. The molecule has 1 saturated carbocycles. The first-order chi connectivity index (χ1) is 12.6. The summed E-state index contributed by atoms with van der Waals surface area (Å²) in [4.78, 5) is 30.5. The number of carbonyl (C=O) groups excluding carboxylic acids is 2. The molecule has 5 heteroatoms. The Labute approximate surface area is 158 Å². The van der Waals surface area contributed by atoms with Gasteiger partial charge in [-0.05, 0) is 67.8 Å². The van der Waals surface area contributed by atoms with Gasteiger partial charge in [0.1, 0.15) is 12.0 Å². The molecule has 1 aromatic heterocycles. The van der Waals surface area contributed by atoms with E-state index < -0.39 is 5.92 Å². The van der Waals surface area contributed by atoms with Crippen molar-refractivity contribution in [2.75, 3.05) is 0 Å². The van der Waals surface area contributed by atoms with Crippen molar-refractivity contribution >= 4 is 28.8 Å². The highest BCUT2D eigenvalue weighted by atomic mass is 32.1. The number of esters is 1. The van der Waals surface area contributed by atoms with Gasteiger partial charge in [-0.3, -0.25) is 14.6 Å². The third-order valence-electron chi connectivity index (χ3n) is 5.83. The zero-order valence-corrected chi connectivity index (χ0v) is 16.0. The van der Waals surface area contributed by atoms with E-state index in [2.05, 4.69) is 10.4 Å². The Bertz CT molecular complexity index is 756. The summed E-state index contributed by atoms with van der Waals surface area (Å²) in [5.74, 6) is -0.779. The molecule has 138 valence electrons.